The molecular formula is C14H15ClN4O2. The molecule has 1 unspecified atom stereocenters. The van der Waals surface area contributed by atoms with Crippen LogP contribution in [0.2, 0.25) is 5.02 Å². The molecule has 110 valence electrons. The smallest absolute Gasteiger partial charge is 0.166 e. The Morgan fingerprint density at radius 2 is 2.29 bits per heavy atom. The SMILES string of the molecule is COc1cccc2c1OCCC2Nc1ncnc(N)c1Cl. The first-order valence-corrected chi connectivity index (χ1v) is 6.90. The van der Waals surface area contributed by atoms with Crippen LogP contribution in [0.15, 0.2) is 24.5 Å². The van der Waals surface area contributed by atoms with Crippen molar-refractivity contribution in [1.82, 2.24) is 9.97 Å². The summed E-state index contributed by atoms with van der Waals surface area (Å²) in [5, 5.41) is 3.63. The molecule has 21 heavy (non-hydrogen) atoms. The van der Waals surface area contributed by atoms with E-state index in [2.05, 4.69) is 15.3 Å². The first-order chi connectivity index (χ1) is 10.2. The van der Waals surface area contributed by atoms with Crippen molar-refractivity contribution in [2.75, 3.05) is 24.8 Å². The van der Waals surface area contributed by atoms with Gasteiger partial charge in [-0.05, 0) is 6.07 Å². The second kappa shape index (κ2) is 5.65. The maximum Gasteiger partial charge on any atom is 0.166 e. The zero-order chi connectivity index (χ0) is 14.8. The fourth-order valence-corrected chi connectivity index (χ4v) is 2.51. The monoisotopic (exact) mass is 306 g/mol. The van der Waals surface area contributed by atoms with Gasteiger partial charge in [0.2, 0.25) is 0 Å². The fraction of sp³-hybridized carbons (Fsp3) is 0.286. The molecule has 2 aromatic rings. The van der Waals surface area contributed by atoms with Gasteiger partial charge in [-0.3, -0.25) is 0 Å². The molecule has 3 rings (SSSR count). The Morgan fingerprint density at radius 3 is 3.10 bits per heavy atom. The highest BCUT2D eigenvalue weighted by Gasteiger charge is 2.25. The number of nitrogen functional groups attached to an aromatic ring is 1. The molecule has 0 saturated heterocycles. The predicted octanol–water partition coefficient (Wildman–Crippen LogP) is 2.66. The molecule has 1 aliphatic rings. The number of nitrogens with one attached hydrogen (secondary N) is 1. The number of hydrogen-bond acceptors (Lipinski definition) is 6. The first-order valence-electron chi connectivity index (χ1n) is 6.53. The Labute approximate surface area is 127 Å². The van der Waals surface area contributed by atoms with E-state index < -0.39 is 0 Å². The maximum absolute atomic E-state index is 6.13. The van der Waals surface area contributed by atoms with Crippen molar-refractivity contribution in [2.24, 2.45) is 0 Å². The standard InChI is InChI=1S/C14H15ClN4O2/c1-20-10-4-2-3-8-9(5-6-21-12(8)10)19-14-11(15)13(16)17-7-18-14/h2-4,7,9H,5-6H2,1H3,(H3,16,17,18,19). The minimum absolute atomic E-state index is 0.0237. The number of para-hydroxylation sites is 1. The van der Waals surface area contributed by atoms with Gasteiger partial charge in [-0.2, -0.15) is 0 Å². The lowest BCUT2D eigenvalue weighted by molar-refractivity contribution is 0.257. The Morgan fingerprint density at radius 1 is 1.43 bits per heavy atom. The van der Waals surface area contributed by atoms with Crippen LogP contribution >= 0.6 is 11.6 Å². The van der Waals surface area contributed by atoms with Crippen molar-refractivity contribution < 1.29 is 9.47 Å². The number of nitrogens with zero attached hydrogens (tertiary/aromatic N) is 2. The summed E-state index contributed by atoms with van der Waals surface area (Å²) in [5.41, 5.74) is 6.71. The number of nitrogens with two attached hydrogens (primary N) is 1. The summed E-state index contributed by atoms with van der Waals surface area (Å²) in [5.74, 6) is 2.24. The highest BCUT2D eigenvalue weighted by Crippen LogP contribution is 2.41. The zero-order valence-corrected chi connectivity index (χ0v) is 12.2. The number of rotatable bonds is 3. The molecule has 1 aromatic carbocycles. The fourth-order valence-electron chi connectivity index (χ4n) is 2.36. The summed E-state index contributed by atoms with van der Waals surface area (Å²) >= 11 is 6.13. The minimum atomic E-state index is 0.0237. The van der Waals surface area contributed by atoms with Crippen LogP contribution in [0.3, 0.4) is 0 Å². The van der Waals surface area contributed by atoms with Crippen LogP contribution in [0.4, 0.5) is 11.6 Å². The number of fused-ring (bicyclic) bond motifs is 1. The Kier molecular flexibility index (Phi) is 3.70. The van der Waals surface area contributed by atoms with Gasteiger partial charge in [0, 0.05) is 12.0 Å². The number of hydrogen-bond donors (Lipinski definition) is 2. The van der Waals surface area contributed by atoms with Crippen LogP contribution in [-0.4, -0.2) is 23.7 Å². The average Bonchev–Trinajstić information content (AvgIpc) is 2.51. The van der Waals surface area contributed by atoms with Crippen LogP contribution < -0.4 is 20.5 Å². The van der Waals surface area contributed by atoms with E-state index in [1.165, 1.54) is 6.33 Å². The van der Waals surface area contributed by atoms with Crippen LogP contribution in [0.25, 0.3) is 0 Å². The van der Waals surface area contributed by atoms with Gasteiger partial charge in [-0.15, -0.1) is 0 Å². The second-order valence-electron chi connectivity index (χ2n) is 4.63. The summed E-state index contributed by atoms with van der Waals surface area (Å²) in [6.45, 7) is 0.587. The van der Waals surface area contributed by atoms with Crippen LogP contribution in [0.1, 0.15) is 18.0 Å². The van der Waals surface area contributed by atoms with Gasteiger partial charge in [0.05, 0.1) is 19.8 Å². The van der Waals surface area contributed by atoms with Crippen molar-refractivity contribution in [3.63, 3.8) is 0 Å². The summed E-state index contributed by atoms with van der Waals surface area (Å²) in [6, 6.07) is 5.82. The van der Waals surface area contributed by atoms with Gasteiger partial charge in [-0.25, -0.2) is 9.97 Å². The van der Waals surface area contributed by atoms with Gasteiger partial charge >= 0.3 is 0 Å². The molecule has 0 saturated carbocycles. The Bertz CT molecular complexity index is 665. The maximum atomic E-state index is 6.13. The molecule has 1 aliphatic heterocycles. The molecule has 2 heterocycles. The third kappa shape index (κ3) is 2.54. The molecule has 1 aromatic heterocycles. The first kappa shape index (κ1) is 13.8. The number of ether oxygens (including phenoxy) is 2. The van der Waals surface area contributed by atoms with Crippen LogP contribution in [0.5, 0.6) is 11.5 Å². The molecule has 1 atom stereocenters. The lowest BCUT2D eigenvalue weighted by atomic mass is 10.00. The van der Waals surface area contributed by atoms with Gasteiger partial charge in [0.15, 0.2) is 17.3 Å². The van der Waals surface area contributed by atoms with Gasteiger partial charge in [-0.1, -0.05) is 23.7 Å². The van der Waals surface area contributed by atoms with Gasteiger partial charge < -0.3 is 20.5 Å². The number of benzene rings is 1. The molecule has 0 aliphatic carbocycles. The molecule has 6 nitrogen and oxygen atoms in total. The van der Waals surface area contributed by atoms with E-state index in [0.717, 1.165) is 17.7 Å². The summed E-state index contributed by atoms with van der Waals surface area (Å²) in [6.07, 6.45) is 2.18. The van der Waals surface area contributed by atoms with Crippen LogP contribution in [0, 0.1) is 0 Å². The predicted molar refractivity (Wildman–Crippen MR) is 80.9 cm³/mol. The Hall–Kier alpha value is -2.21. The minimum Gasteiger partial charge on any atom is -0.493 e. The van der Waals surface area contributed by atoms with E-state index in [9.17, 15) is 0 Å². The zero-order valence-electron chi connectivity index (χ0n) is 11.5. The molecule has 7 heteroatoms. The van der Waals surface area contributed by atoms with E-state index in [-0.39, 0.29) is 11.9 Å². The summed E-state index contributed by atoms with van der Waals surface area (Å²) in [7, 11) is 1.62. The van der Waals surface area contributed by atoms with E-state index >= 15 is 0 Å². The third-order valence-electron chi connectivity index (χ3n) is 3.39. The number of aromatic nitrogens is 2. The number of anilines is 2. The Balaban J connectivity index is 1.94. The molecule has 0 spiro atoms. The molecule has 0 radical (unpaired) electrons. The molecule has 3 N–H and O–H groups in total. The van der Waals surface area contributed by atoms with Crippen molar-refractivity contribution in [3.8, 4) is 11.5 Å². The molecular weight excluding hydrogens is 292 g/mol. The normalized spacial score (nSPS) is 16.8. The number of methoxy groups -OCH3 is 1. The van der Waals surface area contributed by atoms with E-state index in [1.54, 1.807) is 7.11 Å². The molecule has 0 fully saturated rings. The second-order valence-corrected chi connectivity index (χ2v) is 5.01. The van der Waals surface area contributed by atoms with Crippen molar-refractivity contribution >= 4 is 23.2 Å². The van der Waals surface area contributed by atoms with Gasteiger partial charge in [0.1, 0.15) is 17.2 Å². The number of halogens is 1. The summed E-state index contributed by atoms with van der Waals surface area (Å²) in [4.78, 5) is 8.00. The molecule has 0 amide bonds. The highest BCUT2D eigenvalue weighted by atomic mass is 35.5. The van der Waals surface area contributed by atoms with E-state index in [4.69, 9.17) is 26.8 Å². The lowest BCUT2D eigenvalue weighted by Gasteiger charge is -2.28. The average molecular weight is 307 g/mol. The topological polar surface area (TPSA) is 82.3 Å². The largest absolute Gasteiger partial charge is 0.493 e. The van der Waals surface area contributed by atoms with Crippen molar-refractivity contribution in [2.45, 2.75) is 12.5 Å². The van der Waals surface area contributed by atoms with Crippen molar-refractivity contribution in [3.05, 3.63) is 35.1 Å². The van der Waals surface area contributed by atoms with E-state index in [0.29, 0.717) is 23.2 Å². The summed E-state index contributed by atoms with van der Waals surface area (Å²) < 4.78 is 11.0. The van der Waals surface area contributed by atoms with Crippen LogP contribution in [-0.2, 0) is 0 Å². The van der Waals surface area contributed by atoms with Crippen molar-refractivity contribution in [1.29, 1.82) is 0 Å². The van der Waals surface area contributed by atoms with Gasteiger partial charge in [0.25, 0.3) is 0 Å². The molecule has 0 bridgehead atoms. The highest BCUT2D eigenvalue weighted by molar-refractivity contribution is 6.35. The lowest BCUT2D eigenvalue weighted by Crippen LogP contribution is -2.21. The third-order valence-corrected chi connectivity index (χ3v) is 3.76. The van der Waals surface area contributed by atoms with E-state index in [1.807, 2.05) is 18.2 Å². The quantitative estimate of drug-likeness (QED) is 0.907.